The summed E-state index contributed by atoms with van der Waals surface area (Å²) in [6.45, 7) is 6.90. The summed E-state index contributed by atoms with van der Waals surface area (Å²) in [5, 5.41) is 1.51. The first-order chi connectivity index (χ1) is 16.3. The Kier molecular flexibility index (Phi) is 4.29. The number of nitrogens with zero attached hydrogens (tertiary/aromatic N) is 2. The molecule has 0 saturated carbocycles. The zero-order valence-corrected chi connectivity index (χ0v) is 20.0. The number of hydrogen-bond acceptors (Lipinski definition) is 4. The van der Waals surface area contributed by atoms with Gasteiger partial charge in [0.15, 0.2) is 0 Å². The summed E-state index contributed by atoms with van der Waals surface area (Å²) in [6, 6.07) is 16.0. The molecule has 1 spiro atoms. The van der Waals surface area contributed by atoms with Gasteiger partial charge < -0.3 is 9.64 Å². The summed E-state index contributed by atoms with van der Waals surface area (Å²) < 4.78 is 6.95. The van der Waals surface area contributed by atoms with Crippen LogP contribution in [-0.4, -0.2) is 36.0 Å². The lowest BCUT2D eigenvalue weighted by atomic mass is 9.76. The van der Waals surface area contributed by atoms with E-state index >= 15 is 0 Å². The number of benzene rings is 3. The second kappa shape index (κ2) is 6.95. The molecule has 3 aromatic carbocycles. The zero-order valence-electron chi connectivity index (χ0n) is 20.0. The molecular weight excluding hydrogens is 424 g/mol. The van der Waals surface area contributed by atoms with Gasteiger partial charge >= 0.3 is 0 Å². The van der Waals surface area contributed by atoms with Gasteiger partial charge in [-0.25, -0.2) is 0 Å². The van der Waals surface area contributed by atoms with Gasteiger partial charge in [0.25, 0.3) is 11.8 Å². The van der Waals surface area contributed by atoms with Gasteiger partial charge in [0, 0.05) is 46.7 Å². The molecule has 5 nitrogen and oxygen atoms in total. The number of anilines is 1. The fourth-order valence-electron chi connectivity index (χ4n) is 5.96. The lowest BCUT2D eigenvalue weighted by Gasteiger charge is -2.46. The summed E-state index contributed by atoms with van der Waals surface area (Å²) in [5.74, 6) is 0.283. The van der Waals surface area contributed by atoms with Crippen molar-refractivity contribution in [1.82, 2.24) is 4.90 Å². The van der Waals surface area contributed by atoms with E-state index in [1.807, 2.05) is 30.3 Å². The highest BCUT2D eigenvalue weighted by atomic mass is 16.5. The first-order valence-electron chi connectivity index (χ1n) is 12.0. The van der Waals surface area contributed by atoms with Crippen molar-refractivity contribution in [2.24, 2.45) is 0 Å². The SMILES string of the molecule is CCCCN1C(=O)c2cccc3c4c(cc(c23)C1=O)C=CC1(O4)N(C)c2ccccc2C1(C)C. The van der Waals surface area contributed by atoms with E-state index in [0.29, 0.717) is 23.1 Å². The Morgan fingerprint density at radius 3 is 2.50 bits per heavy atom. The van der Waals surface area contributed by atoms with Crippen LogP contribution in [-0.2, 0) is 5.41 Å². The van der Waals surface area contributed by atoms with Gasteiger partial charge in [-0.05, 0) is 56.2 Å². The Balaban J connectivity index is 1.55. The summed E-state index contributed by atoms with van der Waals surface area (Å²) in [5.41, 5.74) is 3.33. The van der Waals surface area contributed by atoms with E-state index in [4.69, 9.17) is 4.74 Å². The number of hydrogen-bond donors (Lipinski definition) is 0. The number of ether oxygens (including phenoxy) is 1. The monoisotopic (exact) mass is 452 g/mol. The molecule has 0 aromatic heterocycles. The van der Waals surface area contributed by atoms with E-state index in [0.717, 1.165) is 35.2 Å². The fourth-order valence-corrected chi connectivity index (χ4v) is 5.96. The third kappa shape index (κ3) is 2.44. The molecule has 1 atom stereocenters. The van der Waals surface area contributed by atoms with Gasteiger partial charge in [0.1, 0.15) is 5.75 Å². The zero-order chi connectivity index (χ0) is 23.8. The molecule has 6 rings (SSSR count). The standard InChI is InChI=1S/C29H28N2O3/c1-5-6-16-31-26(32)20-11-9-10-19-24(20)21(27(31)33)17-18-14-15-29(34-25(18)19)28(2,3)22-12-7-8-13-23(22)30(29)4/h7-15,17H,5-6,16H2,1-4H3. The molecule has 0 aliphatic carbocycles. The lowest BCUT2D eigenvalue weighted by Crippen LogP contribution is -2.58. The van der Waals surface area contributed by atoms with Gasteiger partial charge in [0.05, 0.1) is 5.41 Å². The number of likely N-dealkylation sites (N-methyl/N-ethyl adjacent to an activating group) is 1. The molecule has 34 heavy (non-hydrogen) atoms. The average molecular weight is 453 g/mol. The van der Waals surface area contributed by atoms with Crippen LogP contribution in [0.3, 0.4) is 0 Å². The first-order valence-corrected chi connectivity index (χ1v) is 12.0. The molecule has 3 heterocycles. The minimum Gasteiger partial charge on any atom is -0.462 e. The quantitative estimate of drug-likeness (QED) is 0.474. The second-order valence-electron chi connectivity index (χ2n) is 10.0. The van der Waals surface area contributed by atoms with Crippen molar-refractivity contribution in [3.8, 4) is 5.75 Å². The number of fused-ring (bicyclic) bond motifs is 3. The van der Waals surface area contributed by atoms with Crippen molar-refractivity contribution in [3.63, 3.8) is 0 Å². The maximum atomic E-state index is 13.4. The van der Waals surface area contributed by atoms with Gasteiger partial charge in [-0.1, -0.05) is 43.7 Å². The van der Waals surface area contributed by atoms with E-state index < -0.39 is 5.72 Å². The highest BCUT2D eigenvalue weighted by Gasteiger charge is 2.57. The number of unbranched alkanes of at least 4 members (excludes halogenated alkanes) is 1. The number of para-hydroxylation sites is 1. The topological polar surface area (TPSA) is 49.9 Å². The summed E-state index contributed by atoms with van der Waals surface area (Å²) in [6.07, 6.45) is 5.90. The molecule has 1 unspecified atom stereocenters. The lowest BCUT2D eigenvalue weighted by molar-refractivity contribution is 0.0592. The molecule has 3 aliphatic rings. The minimum atomic E-state index is -0.723. The van der Waals surface area contributed by atoms with Crippen LogP contribution in [0.25, 0.3) is 16.8 Å². The van der Waals surface area contributed by atoms with Crippen molar-refractivity contribution in [2.45, 2.75) is 44.8 Å². The second-order valence-corrected chi connectivity index (χ2v) is 10.0. The van der Waals surface area contributed by atoms with Crippen molar-refractivity contribution >= 4 is 34.4 Å². The third-order valence-electron chi connectivity index (χ3n) is 7.91. The van der Waals surface area contributed by atoms with E-state index in [1.165, 1.54) is 10.5 Å². The van der Waals surface area contributed by atoms with Crippen LogP contribution in [0.1, 0.15) is 65.5 Å². The molecule has 2 amide bonds. The van der Waals surface area contributed by atoms with Gasteiger partial charge in [0.2, 0.25) is 5.72 Å². The molecule has 172 valence electrons. The Labute approximate surface area is 199 Å². The van der Waals surface area contributed by atoms with Crippen LogP contribution in [0.5, 0.6) is 5.75 Å². The van der Waals surface area contributed by atoms with Crippen LogP contribution in [0.4, 0.5) is 5.69 Å². The highest BCUT2D eigenvalue weighted by molar-refractivity contribution is 6.26. The number of imide groups is 1. The van der Waals surface area contributed by atoms with Gasteiger partial charge in [-0.15, -0.1) is 0 Å². The minimum absolute atomic E-state index is 0.218. The predicted octanol–water partition coefficient (Wildman–Crippen LogP) is 5.77. The molecule has 5 heteroatoms. The van der Waals surface area contributed by atoms with E-state index in [9.17, 15) is 9.59 Å². The van der Waals surface area contributed by atoms with Crippen LogP contribution < -0.4 is 9.64 Å². The van der Waals surface area contributed by atoms with Crippen molar-refractivity contribution in [2.75, 3.05) is 18.5 Å². The third-order valence-corrected chi connectivity index (χ3v) is 7.91. The Morgan fingerprint density at radius 1 is 0.971 bits per heavy atom. The van der Waals surface area contributed by atoms with Crippen molar-refractivity contribution < 1.29 is 14.3 Å². The van der Waals surface area contributed by atoms with Crippen LogP contribution in [0.2, 0.25) is 0 Å². The molecule has 3 aliphatic heterocycles. The molecule has 0 bridgehead atoms. The van der Waals surface area contributed by atoms with E-state index in [1.54, 1.807) is 0 Å². The summed E-state index contributed by atoms with van der Waals surface area (Å²) in [4.78, 5) is 30.3. The van der Waals surface area contributed by atoms with Crippen molar-refractivity contribution in [1.29, 1.82) is 0 Å². The number of carbonyl (C=O) groups is 2. The van der Waals surface area contributed by atoms with E-state index in [2.05, 4.69) is 63.1 Å². The summed E-state index contributed by atoms with van der Waals surface area (Å²) >= 11 is 0. The van der Waals surface area contributed by atoms with Crippen molar-refractivity contribution in [3.05, 3.63) is 76.9 Å². The first kappa shape index (κ1) is 21.0. The predicted molar refractivity (Wildman–Crippen MR) is 134 cm³/mol. The Hall–Kier alpha value is -3.60. The molecular formula is C29H28N2O3. The Morgan fingerprint density at radius 2 is 1.74 bits per heavy atom. The van der Waals surface area contributed by atoms with E-state index in [-0.39, 0.29) is 17.2 Å². The van der Waals surface area contributed by atoms with Gasteiger partial charge in [-0.2, -0.15) is 0 Å². The maximum Gasteiger partial charge on any atom is 0.261 e. The fraction of sp³-hybridized carbons (Fsp3) is 0.310. The maximum absolute atomic E-state index is 13.4. The normalized spacial score (nSPS) is 21.8. The van der Waals surface area contributed by atoms with Crippen LogP contribution in [0, 0.1) is 0 Å². The summed E-state index contributed by atoms with van der Waals surface area (Å²) in [7, 11) is 2.06. The Bertz CT molecular complexity index is 1420. The number of carbonyl (C=O) groups excluding carboxylic acids is 2. The number of rotatable bonds is 3. The molecule has 0 saturated heterocycles. The molecule has 0 fully saturated rings. The average Bonchev–Trinajstić information content (AvgIpc) is 3.01. The molecule has 0 N–H and O–H groups in total. The molecule has 3 aromatic rings. The highest BCUT2D eigenvalue weighted by Crippen LogP contribution is 2.55. The molecule has 0 radical (unpaired) electrons. The van der Waals surface area contributed by atoms with Crippen LogP contribution in [0.15, 0.2) is 54.6 Å². The van der Waals surface area contributed by atoms with Crippen LogP contribution >= 0.6 is 0 Å². The van der Waals surface area contributed by atoms with Gasteiger partial charge in [-0.3, -0.25) is 14.5 Å². The largest absolute Gasteiger partial charge is 0.462 e. The number of amides is 2. The smallest absolute Gasteiger partial charge is 0.261 e.